The number of carbonyl (C=O) groups excluding carboxylic acids is 2. The maximum absolute atomic E-state index is 12.7. The van der Waals surface area contributed by atoms with Crippen molar-refractivity contribution in [2.45, 2.75) is 19.4 Å². The van der Waals surface area contributed by atoms with Crippen LogP contribution in [-0.4, -0.2) is 27.9 Å². The van der Waals surface area contributed by atoms with Crippen molar-refractivity contribution in [1.82, 2.24) is 14.9 Å². The largest absolute Gasteiger partial charge is 0.352 e. The number of imidazole rings is 1. The molecule has 0 aliphatic rings. The zero-order valence-corrected chi connectivity index (χ0v) is 18.2. The van der Waals surface area contributed by atoms with E-state index in [2.05, 4.69) is 10.6 Å². The van der Waals surface area contributed by atoms with Gasteiger partial charge in [0.05, 0.1) is 21.7 Å². The zero-order chi connectivity index (χ0) is 22.3. The lowest BCUT2D eigenvalue weighted by molar-refractivity contribution is -0.116. The number of aryl methyl sites for hydroxylation is 1. The summed E-state index contributed by atoms with van der Waals surface area (Å²) in [5, 5.41) is 6.29. The molecule has 2 amide bonds. The molecule has 0 aliphatic carbocycles. The van der Waals surface area contributed by atoms with Crippen molar-refractivity contribution in [3.8, 4) is 0 Å². The number of halogens is 1. The van der Waals surface area contributed by atoms with E-state index in [4.69, 9.17) is 16.6 Å². The summed E-state index contributed by atoms with van der Waals surface area (Å²) in [7, 11) is 0. The molecule has 1 aromatic heterocycles. The Kier molecular flexibility index (Phi) is 6.82. The Morgan fingerprint density at radius 3 is 2.44 bits per heavy atom. The van der Waals surface area contributed by atoms with Gasteiger partial charge in [0.1, 0.15) is 12.4 Å². The predicted molar refractivity (Wildman–Crippen MR) is 127 cm³/mol. The Balaban J connectivity index is 1.42. The summed E-state index contributed by atoms with van der Waals surface area (Å²) in [6.07, 6.45) is 1.33. The van der Waals surface area contributed by atoms with Gasteiger partial charge in [-0.25, -0.2) is 4.98 Å². The lowest BCUT2D eigenvalue weighted by Crippen LogP contribution is -2.25. The van der Waals surface area contributed by atoms with Gasteiger partial charge in [0.25, 0.3) is 5.91 Å². The second-order valence-electron chi connectivity index (χ2n) is 7.36. The first-order valence-electron chi connectivity index (χ1n) is 10.4. The quantitative estimate of drug-likeness (QED) is 0.385. The SMILES string of the molecule is O=C(Cn1c(CCCNC(=O)c2ccccc2)nc2ccccc21)Nc1ccccc1Cl. The average Bonchev–Trinajstić information content (AvgIpc) is 3.16. The van der Waals surface area contributed by atoms with Gasteiger partial charge in [0, 0.05) is 18.5 Å². The number of fused-ring (bicyclic) bond motifs is 1. The maximum Gasteiger partial charge on any atom is 0.251 e. The van der Waals surface area contributed by atoms with E-state index in [-0.39, 0.29) is 18.4 Å². The summed E-state index contributed by atoms with van der Waals surface area (Å²) in [4.78, 5) is 29.7. The minimum absolute atomic E-state index is 0.0989. The number of anilines is 1. The van der Waals surface area contributed by atoms with E-state index in [0.29, 0.717) is 35.7 Å². The Morgan fingerprint density at radius 2 is 1.62 bits per heavy atom. The molecule has 0 radical (unpaired) electrons. The Morgan fingerprint density at radius 1 is 0.906 bits per heavy atom. The van der Waals surface area contributed by atoms with Crippen LogP contribution in [0.25, 0.3) is 11.0 Å². The molecule has 4 aromatic rings. The standard InChI is InChI=1S/C25H23ClN4O2/c26-19-11-4-5-12-20(19)29-24(31)17-30-22-14-7-6-13-21(22)28-23(30)15-8-16-27-25(32)18-9-2-1-3-10-18/h1-7,9-14H,8,15-17H2,(H,27,32)(H,29,31). The number of rotatable bonds is 8. The molecule has 4 rings (SSSR count). The Hall–Kier alpha value is -3.64. The van der Waals surface area contributed by atoms with Crippen LogP contribution in [0.4, 0.5) is 5.69 Å². The summed E-state index contributed by atoms with van der Waals surface area (Å²) in [5.74, 6) is 0.521. The van der Waals surface area contributed by atoms with Crippen LogP contribution in [0.5, 0.6) is 0 Å². The molecule has 0 spiro atoms. The number of hydrogen-bond donors (Lipinski definition) is 2. The molecular formula is C25H23ClN4O2. The number of benzene rings is 3. The van der Waals surface area contributed by atoms with E-state index in [0.717, 1.165) is 16.9 Å². The molecule has 0 fully saturated rings. The van der Waals surface area contributed by atoms with Crippen molar-refractivity contribution in [2.75, 3.05) is 11.9 Å². The fourth-order valence-electron chi connectivity index (χ4n) is 3.53. The second kappa shape index (κ2) is 10.1. The van der Waals surface area contributed by atoms with E-state index in [9.17, 15) is 9.59 Å². The van der Waals surface area contributed by atoms with E-state index in [1.54, 1.807) is 24.3 Å². The van der Waals surface area contributed by atoms with Crippen molar-refractivity contribution in [2.24, 2.45) is 0 Å². The zero-order valence-electron chi connectivity index (χ0n) is 17.4. The third-order valence-electron chi connectivity index (χ3n) is 5.08. The van der Waals surface area contributed by atoms with Crippen LogP contribution in [0.1, 0.15) is 22.6 Å². The number of hydrogen-bond acceptors (Lipinski definition) is 3. The molecule has 0 atom stereocenters. The predicted octanol–water partition coefficient (Wildman–Crippen LogP) is 4.69. The number of amides is 2. The number of carbonyl (C=O) groups is 2. The van der Waals surface area contributed by atoms with Crippen molar-refractivity contribution >= 4 is 40.1 Å². The highest BCUT2D eigenvalue weighted by Crippen LogP contribution is 2.21. The van der Waals surface area contributed by atoms with E-state index in [1.807, 2.05) is 59.2 Å². The van der Waals surface area contributed by atoms with Gasteiger partial charge in [-0.05, 0) is 42.8 Å². The lowest BCUT2D eigenvalue weighted by Gasteiger charge is -2.11. The summed E-state index contributed by atoms with van der Waals surface area (Å²) in [6.45, 7) is 0.639. The van der Waals surface area contributed by atoms with Crippen LogP contribution in [0.2, 0.25) is 5.02 Å². The van der Waals surface area contributed by atoms with Crippen molar-refractivity contribution < 1.29 is 9.59 Å². The van der Waals surface area contributed by atoms with Gasteiger partial charge in [0.2, 0.25) is 5.91 Å². The van der Waals surface area contributed by atoms with Gasteiger partial charge in [-0.1, -0.05) is 54.1 Å². The van der Waals surface area contributed by atoms with Crippen LogP contribution in [-0.2, 0) is 17.8 Å². The molecular weight excluding hydrogens is 424 g/mol. The van der Waals surface area contributed by atoms with Gasteiger partial charge in [-0.3, -0.25) is 9.59 Å². The summed E-state index contributed by atoms with van der Waals surface area (Å²) in [5.41, 5.74) is 2.94. The van der Waals surface area contributed by atoms with Gasteiger partial charge in [0.15, 0.2) is 0 Å². The highest BCUT2D eigenvalue weighted by molar-refractivity contribution is 6.33. The molecule has 3 aromatic carbocycles. The number of aromatic nitrogens is 2. The third-order valence-corrected chi connectivity index (χ3v) is 5.41. The molecule has 6 nitrogen and oxygen atoms in total. The van der Waals surface area contributed by atoms with Crippen LogP contribution in [0.3, 0.4) is 0 Å². The third kappa shape index (κ3) is 5.15. The van der Waals surface area contributed by atoms with Crippen LogP contribution in [0, 0.1) is 0 Å². The lowest BCUT2D eigenvalue weighted by atomic mass is 10.2. The minimum atomic E-state index is -0.181. The van der Waals surface area contributed by atoms with Gasteiger partial charge in [-0.15, -0.1) is 0 Å². The molecule has 162 valence electrons. The Labute approximate surface area is 191 Å². The highest BCUT2D eigenvalue weighted by Gasteiger charge is 2.14. The summed E-state index contributed by atoms with van der Waals surface area (Å²) >= 11 is 6.16. The molecule has 0 saturated carbocycles. The van der Waals surface area contributed by atoms with Crippen LogP contribution < -0.4 is 10.6 Å². The molecule has 0 aliphatic heterocycles. The van der Waals surface area contributed by atoms with Crippen molar-refractivity contribution in [3.63, 3.8) is 0 Å². The van der Waals surface area contributed by atoms with Gasteiger partial charge < -0.3 is 15.2 Å². The van der Waals surface area contributed by atoms with Crippen molar-refractivity contribution in [3.05, 3.63) is 95.3 Å². The molecule has 32 heavy (non-hydrogen) atoms. The fourth-order valence-corrected chi connectivity index (χ4v) is 3.71. The Bertz CT molecular complexity index is 1240. The smallest absolute Gasteiger partial charge is 0.251 e. The fraction of sp³-hybridized carbons (Fsp3) is 0.160. The van der Waals surface area contributed by atoms with Crippen molar-refractivity contribution in [1.29, 1.82) is 0 Å². The first kappa shape index (κ1) is 21.6. The maximum atomic E-state index is 12.7. The number of para-hydroxylation sites is 3. The van der Waals surface area contributed by atoms with Gasteiger partial charge >= 0.3 is 0 Å². The summed E-state index contributed by atoms with van der Waals surface area (Å²) < 4.78 is 1.92. The first-order chi connectivity index (χ1) is 15.6. The summed E-state index contributed by atoms with van der Waals surface area (Å²) in [6, 6.07) is 24.0. The number of nitrogens with zero attached hydrogens (tertiary/aromatic N) is 2. The highest BCUT2D eigenvalue weighted by atomic mass is 35.5. The number of nitrogens with one attached hydrogen (secondary N) is 2. The normalized spacial score (nSPS) is 10.8. The second-order valence-corrected chi connectivity index (χ2v) is 7.76. The molecule has 0 saturated heterocycles. The molecule has 0 bridgehead atoms. The van der Waals surface area contributed by atoms with Gasteiger partial charge in [-0.2, -0.15) is 0 Å². The van der Waals surface area contributed by atoms with Crippen LogP contribution in [0.15, 0.2) is 78.9 Å². The van der Waals surface area contributed by atoms with E-state index >= 15 is 0 Å². The van der Waals surface area contributed by atoms with E-state index < -0.39 is 0 Å². The molecule has 7 heteroatoms. The monoisotopic (exact) mass is 446 g/mol. The molecule has 1 heterocycles. The minimum Gasteiger partial charge on any atom is -0.352 e. The molecule has 2 N–H and O–H groups in total. The topological polar surface area (TPSA) is 76.0 Å². The van der Waals surface area contributed by atoms with Crippen LogP contribution >= 0.6 is 11.6 Å². The van der Waals surface area contributed by atoms with E-state index in [1.165, 1.54) is 0 Å². The first-order valence-corrected chi connectivity index (χ1v) is 10.8. The average molecular weight is 447 g/mol. The molecule has 0 unspecified atom stereocenters.